The van der Waals surface area contributed by atoms with E-state index in [0.29, 0.717) is 0 Å². The molecule has 5 rings (SSSR count). The van der Waals surface area contributed by atoms with Crippen LogP contribution in [0.25, 0.3) is 11.1 Å². The van der Waals surface area contributed by atoms with Crippen molar-refractivity contribution in [3.05, 3.63) is 78.1 Å². The number of hydrogen-bond donors (Lipinski definition) is 0. The van der Waals surface area contributed by atoms with Crippen LogP contribution >= 0.6 is 0 Å². The van der Waals surface area contributed by atoms with Gasteiger partial charge in [-0.2, -0.15) is 0 Å². The molecule has 3 aromatic rings. The summed E-state index contributed by atoms with van der Waals surface area (Å²) in [6, 6.07) is 18.4. The van der Waals surface area contributed by atoms with E-state index in [4.69, 9.17) is 0 Å². The number of carbonyl (C=O) groups excluding carboxylic acids is 1. The highest BCUT2D eigenvalue weighted by molar-refractivity contribution is 5.95. The normalized spacial score (nSPS) is 17.2. The lowest BCUT2D eigenvalue weighted by Crippen LogP contribution is -2.48. The van der Waals surface area contributed by atoms with Crippen LogP contribution in [-0.4, -0.2) is 64.9 Å². The highest BCUT2D eigenvalue weighted by Crippen LogP contribution is 2.23. The molecule has 0 aliphatic carbocycles. The highest BCUT2D eigenvalue weighted by Gasteiger charge is 2.22. The maximum atomic E-state index is 13.2. The molecule has 6 nitrogen and oxygen atoms in total. The second kappa shape index (κ2) is 10.1. The van der Waals surface area contributed by atoms with Gasteiger partial charge in [-0.25, -0.2) is 9.97 Å². The van der Waals surface area contributed by atoms with Gasteiger partial charge >= 0.3 is 0 Å². The lowest BCUT2D eigenvalue weighted by molar-refractivity contribution is 0.0628. The molecular formula is C27H31N5O. The van der Waals surface area contributed by atoms with E-state index in [2.05, 4.69) is 44.0 Å². The van der Waals surface area contributed by atoms with Gasteiger partial charge < -0.3 is 9.80 Å². The minimum absolute atomic E-state index is 0.0991. The number of benzene rings is 2. The van der Waals surface area contributed by atoms with E-state index in [1.807, 2.05) is 47.6 Å². The average Bonchev–Trinajstić information content (AvgIpc) is 2.90. The molecule has 170 valence electrons. The van der Waals surface area contributed by atoms with Gasteiger partial charge in [0, 0.05) is 69.3 Å². The van der Waals surface area contributed by atoms with Gasteiger partial charge in [0.25, 0.3) is 5.91 Å². The summed E-state index contributed by atoms with van der Waals surface area (Å²) >= 11 is 0. The molecule has 0 spiro atoms. The summed E-state index contributed by atoms with van der Waals surface area (Å²) in [4.78, 5) is 29.0. The Balaban J connectivity index is 1.21. The van der Waals surface area contributed by atoms with Crippen LogP contribution < -0.4 is 4.90 Å². The summed E-state index contributed by atoms with van der Waals surface area (Å²) < 4.78 is 0. The molecule has 0 unspecified atom stereocenters. The zero-order valence-corrected chi connectivity index (χ0v) is 19.1. The van der Waals surface area contributed by atoms with E-state index in [1.165, 1.54) is 24.8 Å². The molecule has 2 aliphatic rings. The van der Waals surface area contributed by atoms with E-state index in [9.17, 15) is 4.79 Å². The summed E-state index contributed by atoms with van der Waals surface area (Å²) in [6.07, 6.45) is 7.45. The zero-order valence-electron chi connectivity index (χ0n) is 19.1. The monoisotopic (exact) mass is 441 g/mol. The molecule has 1 aromatic heterocycles. The molecule has 6 heteroatoms. The van der Waals surface area contributed by atoms with Gasteiger partial charge in [-0.1, -0.05) is 42.5 Å². The highest BCUT2D eigenvalue weighted by atomic mass is 16.2. The van der Waals surface area contributed by atoms with Gasteiger partial charge in [-0.3, -0.25) is 9.69 Å². The Bertz CT molecular complexity index is 1060. The van der Waals surface area contributed by atoms with Crippen LogP contribution in [0.15, 0.2) is 67.0 Å². The van der Waals surface area contributed by atoms with Crippen molar-refractivity contribution in [2.75, 3.05) is 44.2 Å². The third-order valence-corrected chi connectivity index (χ3v) is 6.63. The summed E-state index contributed by atoms with van der Waals surface area (Å²) in [6.45, 7) is 6.29. The fraction of sp³-hybridized carbons (Fsp3) is 0.370. The molecule has 0 N–H and O–H groups in total. The Kier molecular flexibility index (Phi) is 6.63. The van der Waals surface area contributed by atoms with Crippen LogP contribution in [0.2, 0.25) is 0 Å². The maximum absolute atomic E-state index is 13.2. The maximum Gasteiger partial charge on any atom is 0.253 e. The summed E-state index contributed by atoms with van der Waals surface area (Å²) in [7, 11) is 0. The third kappa shape index (κ3) is 5.22. The van der Waals surface area contributed by atoms with E-state index in [-0.39, 0.29) is 5.91 Å². The lowest BCUT2D eigenvalue weighted by atomic mass is 10.0. The predicted octanol–water partition coefficient (Wildman–Crippen LogP) is 4.09. The number of anilines is 1. The molecule has 0 radical (unpaired) electrons. The largest absolute Gasteiger partial charge is 0.341 e. The van der Waals surface area contributed by atoms with Gasteiger partial charge in [0.05, 0.1) is 0 Å². The second-order valence-electron chi connectivity index (χ2n) is 8.95. The molecule has 2 aromatic carbocycles. The van der Waals surface area contributed by atoms with Crippen LogP contribution in [0.1, 0.15) is 35.2 Å². The van der Waals surface area contributed by atoms with Crippen LogP contribution in [-0.2, 0) is 6.54 Å². The molecule has 2 aliphatic heterocycles. The second-order valence-corrected chi connectivity index (χ2v) is 8.95. The quantitative estimate of drug-likeness (QED) is 0.597. The van der Waals surface area contributed by atoms with Crippen LogP contribution in [0, 0.1) is 0 Å². The Morgan fingerprint density at radius 1 is 0.758 bits per heavy atom. The van der Waals surface area contributed by atoms with Crippen molar-refractivity contribution in [2.45, 2.75) is 25.8 Å². The first kappa shape index (κ1) is 21.6. The minimum atomic E-state index is 0.0991. The van der Waals surface area contributed by atoms with Crippen LogP contribution in [0.5, 0.6) is 0 Å². The van der Waals surface area contributed by atoms with Crippen molar-refractivity contribution >= 4 is 11.9 Å². The van der Waals surface area contributed by atoms with Gasteiger partial charge in [-0.05, 0) is 42.5 Å². The van der Waals surface area contributed by atoms with Crippen molar-refractivity contribution in [3.63, 3.8) is 0 Å². The van der Waals surface area contributed by atoms with Crippen molar-refractivity contribution in [1.29, 1.82) is 0 Å². The molecule has 2 fully saturated rings. The minimum Gasteiger partial charge on any atom is -0.341 e. The Morgan fingerprint density at radius 2 is 1.48 bits per heavy atom. The van der Waals surface area contributed by atoms with Crippen molar-refractivity contribution in [2.24, 2.45) is 0 Å². The van der Waals surface area contributed by atoms with E-state index >= 15 is 0 Å². The van der Waals surface area contributed by atoms with Gasteiger partial charge in [0.1, 0.15) is 0 Å². The molecule has 0 saturated carbocycles. The number of aromatic nitrogens is 2. The molecule has 1 amide bonds. The molecule has 2 saturated heterocycles. The van der Waals surface area contributed by atoms with E-state index in [0.717, 1.165) is 68.5 Å². The van der Waals surface area contributed by atoms with Crippen LogP contribution in [0.3, 0.4) is 0 Å². The third-order valence-electron chi connectivity index (χ3n) is 6.63. The van der Waals surface area contributed by atoms with Gasteiger partial charge in [0.2, 0.25) is 5.95 Å². The number of piperidine rings is 1. The topological polar surface area (TPSA) is 52.6 Å². The number of nitrogens with zero attached hydrogens (tertiary/aromatic N) is 5. The zero-order chi connectivity index (χ0) is 22.5. The lowest BCUT2D eigenvalue weighted by Gasteiger charge is -2.34. The predicted molar refractivity (Wildman–Crippen MR) is 131 cm³/mol. The summed E-state index contributed by atoms with van der Waals surface area (Å²) in [5.41, 5.74) is 3.97. The van der Waals surface area contributed by atoms with Crippen molar-refractivity contribution in [3.8, 4) is 11.1 Å². The molecular weight excluding hydrogens is 410 g/mol. The summed E-state index contributed by atoms with van der Waals surface area (Å²) in [5, 5.41) is 0. The van der Waals surface area contributed by atoms with E-state index in [1.54, 1.807) is 0 Å². The van der Waals surface area contributed by atoms with Crippen molar-refractivity contribution < 1.29 is 4.79 Å². The van der Waals surface area contributed by atoms with E-state index < -0.39 is 0 Å². The fourth-order valence-corrected chi connectivity index (χ4v) is 4.69. The molecule has 33 heavy (non-hydrogen) atoms. The Hall–Kier alpha value is -3.25. The smallest absolute Gasteiger partial charge is 0.253 e. The molecule has 3 heterocycles. The molecule has 0 bridgehead atoms. The van der Waals surface area contributed by atoms with Gasteiger partial charge in [-0.15, -0.1) is 0 Å². The number of rotatable bonds is 5. The number of carbonyl (C=O) groups is 1. The Morgan fingerprint density at radius 3 is 2.21 bits per heavy atom. The first-order valence-corrected chi connectivity index (χ1v) is 12.0. The van der Waals surface area contributed by atoms with Crippen molar-refractivity contribution in [1.82, 2.24) is 19.8 Å². The fourth-order valence-electron chi connectivity index (χ4n) is 4.69. The first-order chi connectivity index (χ1) is 16.3. The summed E-state index contributed by atoms with van der Waals surface area (Å²) in [5.74, 6) is 0.904. The number of hydrogen-bond acceptors (Lipinski definition) is 5. The first-order valence-electron chi connectivity index (χ1n) is 12.0. The molecule has 0 atom stereocenters. The van der Waals surface area contributed by atoms with Crippen LogP contribution in [0.4, 0.5) is 5.95 Å². The van der Waals surface area contributed by atoms with Gasteiger partial charge in [0.15, 0.2) is 0 Å². The number of piperazine rings is 1. The Labute approximate surface area is 195 Å². The average molecular weight is 442 g/mol. The standard InChI is InChI=1S/C27H31N5O/c33-26(31-16-14-30(15-17-31)21-22-8-3-1-4-9-22)24-11-7-10-23(18-24)25-19-28-27(29-20-25)32-12-5-2-6-13-32/h1,3-4,7-11,18-20H,2,5-6,12-17,21H2. The number of amides is 1. The SMILES string of the molecule is O=C(c1cccc(-c2cnc(N3CCCCC3)nc2)c1)N1CCN(Cc2ccccc2)CC1.